The van der Waals surface area contributed by atoms with Gasteiger partial charge in [-0.3, -0.25) is 18.8 Å². The Labute approximate surface area is 183 Å². The first kappa shape index (κ1) is 24.7. The molecule has 0 saturated carbocycles. The number of H-pyrrole nitrogens is 1. The number of aromatic amines is 1. The zero-order chi connectivity index (χ0) is 22.3. The second kappa shape index (κ2) is 11.7. The minimum absolute atomic E-state index is 0.146. The van der Waals surface area contributed by atoms with Crippen molar-refractivity contribution in [2.45, 2.75) is 46.3 Å². The fourth-order valence-corrected chi connectivity index (χ4v) is 3.95. The first-order chi connectivity index (χ1) is 14.2. The molecular formula is C19H26BN2O6PS. The number of hydrogen-bond acceptors (Lipinski definition) is 7. The lowest BCUT2D eigenvalue weighted by molar-refractivity contribution is 0.0705. The van der Waals surface area contributed by atoms with Gasteiger partial charge in [-0.1, -0.05) is 17.7 Å². The molecule has 2 aromatic rings. The third-order valence-electron chi connectivity index (χ3n) is 4.30. The standard InChI is InChI=1S/C10H13O4P.C9H13BN2O2S/c1-7-3-8(2)10-9(4-7)5-12-15(14-10)13-6-11;1-6-5-12(4-3-7(10)14-2)9(15)11-8(6)13/h3-4,11H,5-6H2,1-2H3;5,7H,3-4H2,1-2H3,(H,11,13,15)/t;7-/m.0/s1. The van der Waals surface area contributed by atoms with E-state index >= 15 is 0 Å². The van der Waals surface area contributed by atoms with E-state index in [4.69, 9.17) is 43.5 Å². The van der Waals surface area contributed by atoms with Crippen molar-refractivity contribution in [3.8, 4) is 5.75 Å². The van der Waals surface area contributed by atoms with Crippen LogP contribution in [0.2, 0.25) is 0 Å². The van der Waals surface area contributed by atoms with Crippen LogP contribution < -0.4 is 10.1 Å². The molecule has 11 heteroatoms. The Hall–Kier alpha value is -1.55. The summed E-state index contributed by atoms with van der Waals surface area (Å²) in [7, 11) is 5.72. The average molecular weight is 452 g/mol. The van der Waals surface area contributed by atoms with E-state index in [9.17, 15) is 4.79 Å². The lowest BCUT2D eigenvalue weighted by atomic mass is 9.97. The van der Waals surface area contributed by atoms with E-state index in [0.717, 1.165) is 16.9 Å². The van der Waals surface area contributed by atoms with Gasteiger partial charge in [-0.2, -0.15) is 0 Å². The van der Waals surface area contributed by atoms with Crippen molar-refractivity contribution < 1.29 is 23.4 Å². The molecule has 0 saturated heterocycles. The number of aryl methyl sites for hydroxylation is 4. The van der Waals surface area contributed by atoms with E-state index in [1.54, 1.807) is 24.8 Å². The molecule has 2 N–H and O–H groups in total. The van der Waals surface area contributed by atoms with Gasteiger partial charge in [0.05, 0.1) is 6.61 Å². The highest BCUT2D eigenvalue weighted by molar-refractivity contribution is 7.71. The number of aliphatic hydroxyl groups is 1. The van der Waals surface area contributed by atoms with Crippen LogP contribution in [0.1, 0.15) is 28.7 Å². The van der Waals surface area contributed by atoms with E-state index in [0.29, 0.717) is 29.9 Å². The maximum atomic E-state index is 11.2. The zero-order valence-electron chi connectivity index (χ0n) is 17.5. The quantitative estimate of drug-likeness (QED) is 0.301. The van der Waals surface area contributed by atoms with Gasteiger partial charge in [0.1, 0.15) is 13.6 Å². The molecule has 0 aliphatic carbocycles. The largest absolute Gasteiger partial charge is 0.426 e. The minimum Gasteiger partial charge on any atom is -0.426 e. The van der Waals surface area contributed by atoms with E-state index in [1.807, 2.05) is 19.9 Å². The number of benzene rings is 1. The Kier molecular flexibility index (Phi) is 9.68. The second-order valence-corrected chi connectivity index (χ2v) is 8.28. The van der Waals surface area contributed by atoms with Crippen molar-refractivity contribution >= 4 is 28.7 Å². The lowest BCUT2D eigenvalue weighted by Gasteiger charge is -2.24. The number of aromatic nitrogens is 2. The van der Waals surface area contributed by atoms with Crippen LogP contribution in [0.3, 0.4) is 0 Å². The first-order valence-electron chi connectivity index (χ1n) is 9.28. The number of nitrogens with one attached hydrogen (secondary N) is 1. The molecule has 2 radical (unpaired) electrons. The molecule has 1 aromatic heterocycles. The summed E-state index contributed by atoms with van der Waals surface area (Å²) in [6.07, 6.45) is 2.37. The maximum absolute atomic E-state index is 11.2. The smallest absolute Gasteiger partial charge is 0.399 e. The summed E-state index contributed by atoms with van der Waals surface area (Å²) < 4.78 is 22.9. The molecule has 8 nitrogen and oxygen atoms in total. The lowest BCUT2D eigenvalue weighted by Crippen LogP contribution is -2.18. The first-order valence-corrected chi connectivity index (χ1v) is 10.8. The summed E-state index contributed by atoms with van der Waals surface area (Å²) in [5, 5.41) is 8.61. The highest BCUT2D eigenvalue weighted by Gasteiger charge is 2.24. The number of aliphatic hydroxyl groups excluding tert-OH is 1. The molecule has 1 aliphatic rings. The molecule has 0 fully saturated rings. The van der Waals surface area contributed by atoms with Crippen LogP contribution in [-0.2, 0) is 26.9 Å². The molecule has 30 heavy (non-hydrogen) atoms. The second-order valence-electron chi connectivity index (χ2n) is 6.74. The highest BCUT2D eigenvalue weighted by atomic mass is 32.1. The van der Waals surface area contributed by atoms with Crippen LogP contribution in [0.15, 0.2) is 23.1 Å². The van der Waals surface area contributed by atoms with Gasteiger partial charge < -0.3 is 18.9 Å². The molecule has 0 bridgehead atoms. The van der Waals surface area contributed by atoms with Crippen LogP contribution >= 0.6 is 20.8 Å². The van der Waals surface area contributed by atoms with Crippen LogP contribution in [0.25, 0.3) is 0 Å². The van der Waals surface area contributed by atoms with Crippen LogP contribution in [-0.4, -0.2) is 42.4 Å². The van der Waals surface area contributed by atoms with Crippen molar-refractivity contribution in [3.63, 3.8) is 0 Å². The van der Waals surface area contributed by atoms with E-state index < -0.39 is 8.60 Å². The van der Waals surface area contributed by atoms with Crippen molar-refractivity contribution in [2.24, 2.45) is 0 Å². The molecule has 0 amide bonds. The number of fused-ring (bicyclic) bond motifs is 1. The Balaban J connectivity index is 0.000000214. The number of methoxy groups -OCH3 is 1. The SMILES string of the molecule is Cc1cc(C)c2c(c1)COP(OCO)O2.[B][C@H](CCn1cc(C)c(=O)[nH]c1=S)OC. The van der Waals surface area contributed by atoms with Gasteiger partial charge >= 0.3 is 8.60 Å². The Bertz CT molecular complexity index is 967. The molecule has 1 aliphatic heterocycles. The van der Waals surface area contributed by atoms with Crippen molar-refractivity contribution in [1.82, 2.24) is 9.55 Å². The van der Waals surface area contributed by atoms with E-state index in [-0.39, 0.29) is 18.4 Å². The summed E-state index contributed by atoms with van der Waals surface area (Å²) in [5.74, 6) is 0.825. The average Bonchev–Trinajstić information content (AvgIpc) is 2.70. The normalized spacial score (nSPS) is 16.1. The van der Waals surface area contributed by atoms with Gasteiger partial charge in [0.15, 0.2) is 11.6 Å². The molecule has 2 atom stereocenters. The third kappa shape index (κ3) is 7.01. The molecule has 2 heterocycles. The van der Waals surface area contributed by atoms with Gasteiger partial charge in [-0.15, -0.1) is 0 Å². The maximum Gasteiger partial charge on any atom is 0.399 e. The third-order valence-corrected chi connectivity index (χ3v) is 5.63. The molecule has 1 aromatic carbocycles. The molecular weight excluding hydrogens is 426 g/mol. The minimum atomic E-state index is -1.43. The Morgan fingerprint density at radius 2 is 2.10 bits per heavy atom. The number of hydrogen-bond donors (Lipinski definition) is 2. The monoisotopic (exact) mass is 452 g/mol. The number of ether oxygens (including phenoxy) is 1. The predicted molar refractivity (Wildman–Crippen MR) is 118 cm³/mol. The van der Waals surface area contributed by atoms with Gasteiger partial charge in [-0.05, 0) is 45.0 Å². The van der Waals surface area contributed by atoms with Crippen LogP contribution in [0.5, 0.6) is 5.75 Å². The van der Waals surface area contributed by atoms with Gasteiger partial charge in [-0.25, -0.2) is 0 Å². The fourth-order valence-electron chi connectivity index (χ4n) is 2.78. The molecule has 3 rings (SSSR count). The van der Waals surface area contributed by atoms with Crippen LogP contribution in [0.4, 0.5) is 0 Å². The summed E-state index contributed by atoms with van der Waals surface area (Å²) in [4.78, 5) is 13.8. The molecule has 0 spiro atoms. The molecule has 162 valence electrons. The highest BCUT2D eigenvalue weighted by Crippen LogP contribution is 2.48. The Morgan fingerprint density at radius 1 is 1.37 bits per heavy atom. The topological polar surface area (TPSA) is 94.9 Å². The fraction of sp³-hybridized carbons (Fsp3) is 0.474. The van der Waals surface area contributed by atoms with Crippen molar-refractivity contribution in [3.05, 3.63) is 55.7 Å². The van der Waals surface area contributed by atoms with E-state index in [2.05, 4.69) is 11.1 Å². The molecule has 1 unspecified atom stereocenters. The summed E-state index contributed by atoms with van der Waals surface area (Å²) in [6, 6.07) is 3.78. The van der Waals surface area contributed by atoms with E-state index in [1.165, 1.54) is 5.56 Å². The summed E-state index contributed by atoms with van der Waals surface area (Å²) >= 11 is 5.01. The van der Waals surface area contributed by atoms with Gasteiger partial charge in [0.25, 0.3) is 5.56 Å². The van der Waals surface area contributed by atoms with Gasteiger partial charge in [0.2, 0.25) is 0 Å². The van der Waals surface area contributed by atoms with Crippen LogP contribution in [0, 0.1) is 25.5 Å². The number of nitrogens with zero attached hydrogens (tertiary/aromatic N) is 1. The summed E-state index contributed by atoms with van der Waals surface area (Å²) in [5.41, 5.74) is 3.78. The zero-order valence-corrected chi connectivity index (χ0v) is 19.2. The van der Waals surface area contributed by atoms with Gasteiger partial charge in [0, 0.05) is 37.0 Å². The number of rotatable bonds is 6. The van der Waals surface area contributed by atoms with Crippen molar-refractivity contribution in [2.75, 3.05) is 13.9 Å². The summed E-state index contributed by atoms with van der Waals surface area (Å²) in [6.45, 7) is 6.49. The Morgan fingerprint density at radius 3 is 2.77 bits per heavy atom. The predicted octanol–water partition coefficient (Wildman–Crippen LogP) is 3.15. The van der Waals surface area contributed by atoms with Crippen molar-refractivity contribution in [1.29, 1.82) is 0 Å².